The third-order valence-corrected chi connectivity index (χ3v) is 2.77. The van der Waals surface area contributed by atoms with Gasteiger partial charge >= 0.3 is 12.0 Å². The summed E-state index contributed by atoms with van der Waals surface area (Å²) in [6.45, 7) is 6.73. The van der Waals surface area contributed by atoms with Crippen molar-refractivity contribution in [3.63, 3.8) is 0 Å². The second kappa shape index (κ2) is 9.61. The minimum Gasteiger partial charge on any atom is -0.481 e. The number of aliphatic carboxylic acids is 1. The Labute approximate surface area is 114 Å². The number of carbonyl (C=O) groups excluding carboxylic acids is 1. The molecule has 0 fully saturated rings. The number of carboxylic acids is 1. The highest BCUT2D eigenvalue weighted by atomic mass is 16.5. The summed E-state index contributed by atoms with van der Waals surface area (Å²) in [4.78, 5) is 22.3. The molecule has 0 rings (SSSR count). The van der Waals surface area contributed by atoms with Crippen LogP contribution in [0.3, 0.4) is 0 Å². The van der Waals surface area contributed by atoms with E-state index in [2.05, 4.69) is 10.6 Å². The van der Waals surface area contributed by atoms with Gasteiger partial charge in [-0.25, -0.2) is 4.79 Å². The second-order valence-corrected chi connectivity index (χ2v) is 5.23. The normalized spacial score (nSPS) is 13.9. The molecule has 6 heteroatoms. The fraction of sp³-hybridized carbons (Fsp3) is 0.846. The molecule has 0 aliphatic rings. The van der Waals surface area contributed by atoms with E-state index < -0.39 is 5.97 Å². The third kappa shape index (κ3) is 10.3. The summed E-state index contributed by atoms with van der Waals surface area (Å²) in [5.41, 5.74) is 0. The van der Waals surface area contributed by atoms with Crippen LogP contribution in [0.25, 0.3) is 0 Å². The number of rotatable bonds is 9. The van der Waals surface area contributed by atoms with Crippen molar-refractivity contribution in [3.8, 4) is 0 Å². The van der Waals surface area contributed by atoms with Crippen molar-refractivity contribution in [3.05, 3.63) is 0 Å². The first kappa shape index (κ1) is 17.7. The molecule has 0 aromatic heterocycles. The molecule has 19 heavy (non-hydrogen) atoms. The number of hydrogen-bond donors (Lipinski definition) is 3. The van der Waals surface area contributed by atoms with Gasteiger partial charge in [-0.05, 0) is 25.2 Å². The summed E-state index contributed by atoms with van der Waals surface area (Å²) < 4.78 is 5.01. The molecule has 0 aliphatic heterocycles. The van der Waals surface area contributed by atoms with Crippen LogP contribution < -0.4 is 10.6 Å². The lowest BCUT2D eigenvalue weighted by molar-refractivity contribution is -0.138. The van der Waals surface area contributed by atoms with E-state index in [1.165, 1.54) is 0 Å². The zero-order valence-electron chi connectivity index (χ0n) is 12.2. The number of urea groups is 1. The first-order chi connectivity index (χ1) is 8.85. The molecule has 2 atom stereocenters. The van der Waals surface area contributed by atoms with E-state index in [0.717, 1.165) is 6.42 Å². The second-order valence-electron chi connectivity index (χ2n) is 5.23. The maximum absolute atomic E-state index is 11.5. The zero-order chi connectivity index (χ0) is 14.8. The largest absolute Gasteiger partial charge is 0.481 e. The van der Waals surface area contributed by atoms with Gasteiger partial charge in [0.25, 0.3) is 0 Å². The van der Waals surface area contributed by atoms with Crippen molar-refractivity contribution in [2.75, 3.05) is 20.2 Å². The van der Waals surface area contributed by atoms with E-state index in [1.807, 2.05) is 20.8 Å². The third-order valence-electron chi connectivity index (χ3n) is 2.77. The van der Waals surface area contributed by atoms with Crippen LogP contribution >= 0.6 is 0 Å². The molecule has 0 spiro atoms. The van der Waals surface area contributed by atoms with E-state index in [-0.39, 0.29) is 24.5 Å². The fourth-order valence-electron chi connectivity index (χ4n) is 1.77. The van der Waals surface area contributed by atoms with Gasteiger partial charge < -0.3 is 20.5 Å². The Morgan fingerprint density at radius 2 is 1.74 bits per heavy atom. The summed E-state index contributed by atoms with van der Waals surface area (Å²) in [6.07, 6.45) is 0.810. The minimum absolute atomic E-state index is 0.0388. The summed E-state index contributed by atoms with van der Waals surface area (Å²) in [6, 6.07) is -0.289. The first-order valence-corrected chi connectivity index (χ1v) is 6.61. The highest BCUT2D eigenvalue weighted by Crippen LogP contribution is 2.14. The number of carbonyl (C=O) groups is 2. The Bertz CT molecular complexity index is 282. The lowest BCUT2D eigenvalue weighted by atomic mass is 9.94. The van der Waals surface area contributed by atoms with Crippen LogP contribution in [0.2, 0.25) is 0 Å². The fourth-order valence-corrected chi connectivity index (χ4v) is 1.77. The molecule has 2 unspecified atom stereocenters. The summed E-state index contributed by atoms with van der Waals surface area (Å²) >= 11 is 0. The molecular formula is C13H26N2O4. The molecule has 0 aromatic carbocycles. The Kier molecular flexibility index (Phi) is 8.95. The van der Waals surface area contributed by atoms with Crippen molar-refractivity contribution in [1.82, 2.24) is 10.6 Å². The molecule has 0 bridgehead atoms. The Hall–Kier alpha value is -1.30. The van der Waals surface area contributed by atoms with Crippen LogP contribution in [0.4, 0.5) is 4.79 Å². The van der Waals surface area contributed by atoms with E-state index in [1.54, 1.807) is 7.11 Å². The van der Waals surface area contributed by atoms with E-state index in [4.69, 9.17) is 9.84 Å². The summed E-state index contributed by atoms with van der Waals surface area (Å²) in [7, 11) is 1.58. The predicted molar refractivity (Wildman–Crippen MR) is 73.1 cm³/mol. The SMILES string of the molecule is COC(C)CNC(=O)NCC(CC(=O)O)CC(C)C. The van der Waals surface area contributed by atoms with Gasteiger partial charge in [0.15, 0.2) is 0 Å². The van der Waals surface area contributed by atoms with E-state index >= 15 is 0 Å². The maximum Gasteiger partial charge on any atom is 0.314 e. The minimum atomic E-state index is -0.833. The van der Waals surface area contributed by atoms with Crippen molar-refractivity contribution >= 4 is 12.0 Å². The summed E-state index contributed by atoms with van der Waals surface area (Å²) in [5, 5.41) is 14.2. The van der Waals surface area contributed by atoms with Crippen LogP contribution in [-0.4, -0.2) is 43.4 Å². The van der Waals surface area contributed by atoms with Crippen LogP contribution in [0.15, 0.2) is 0 Å². The van der Waals surface area contributed by atoms with Crippen molar-refractivity contribution < 1.29 is 19.4 Å². The highest BCUT2D eigenvalue weighted by Gasteiger charge is 2.16. The molecule has 0 heterocycles. The quantitative estimate of drug-likeness (QED) is 0.594. The summed E-state index contributed by atoms with van der Waals surface area (Å²) in [5.74, 6) is -0.466. The van der Waals surface area contributed by atoms with Crippen LogP contribution in [0.1, 0.15) is 33.6 Å². The van der Waals surface area contributed by atoms with Crippen molar-refractivity contribution in [2.45, 2.75) is 39.7 Å². The smallest absolute Gasteiger partial charge is 0.314 e. The molecule has 0 radical (unpaired) electrons. The maximum atomic E-state index is 11.5. The Morgan fingerprint density at radius 3 is 2.21 bits per heavy atom. The molecule has 6 nitrogen and oxygen atoms in total. The molecular weight excluding hydrogens is 248 g/mol. The zero-order valence-corrected chi connectivity index (χ0v) is 12.2. The van der Waals surface area contributed by atoms with Crippen LogP contribution in [0.5, 0.6) is 0 Å². The van der Waals surface area contributed by atoms with Gasteiger partial charge in [-0.15, -0.1) is 0 Å². The van der Waals surface area contributed by atoms with Crippen LogP contribution in [-0.2, 0) is 9.53 Å². The monoisotopic (exact) mass is 274 g/mol. The number of ether oxygens (including phenoxy) is 1. The number of carboxylic acid groups (broad SMARTS) is 1. The van der Waals surface area contributed by atoms with Gasteiger partial charge in [0, 0.05) is 26.6 Å². The topological polar surface area (TPSA) is 87.7 Å². The van der Waals surface area contributed by atoms with Gasteiger partial charge in [0.1, 0.15) is 0 Å². The average molecular weight is 274 g/mol. The average Bonchev–Trinajstić information content (AvgIpc) is 2.31. The van der Waals surface area contributed by atoms with Gasteiger partial charge in [-0.2, -0.15) is 0 Å². The Balaban J connectivity index is 4.01. The number of nitrogens with one attached hydrogen (secondary N) is 2. The lowest BCUT2D eigenvalue weighted by Gasteiger charge is -2.18. The highest BCUT2D eigenvalue weighted by molar-refractivity contribution is 5.74. The number of methoxy groups -OCH3 is 1. The van der Waals surface area contributed by atoms with Gasteiger partial charge in [-0.1, -0.05) is 13.8 Å². The molecule has 0 aromatic rings. The van der Waals surface area contributed by atoms with Gasteiger partial charge in [0.2, 0.25) is 0 Å². The van der Waals surface area contributed by atoms with Gasteiger partial charge in [0.05, 0.1) is 6.10 Å². The van der Waals surface area contributed by atoms with E-state index in [9.17, 15) is 9.59 Å². The lowest BCUT2D eigenvalue weighted by Crippen LogP contribution is -2.41. The molecule has 3 N–H and O–H groups in total. The van der Waals surface area contributed by atoms with E-state index in [0.29, 0.717) is 19.0 Å². The number of hydrogen-bond acceptors (Lipinski definition) is 3. The molecule has 0 aliphatic carbocycles. The number of amides is 2. The molecule has 0 saturated carbocycles. The molecule has 2 amide bonds. The molecule has 0 saturated heterocycles. The molecule has 112 valence electrons. The van der Waals surface area contributed by atoms with Crippen LogP contribution in [0, 0.1) is 11.8 Å². The van der Waals surface area contributed by atoms with Crippen molar-refractivity contribution in [2.24, 2.45) is 11.8 Å². The van der Waals surface area contributed by atoms with Gasteiger partial charge in [-0.3, -0.25) is 4.79 Å². The standard InChI is InChI=1S/C13H26N2O4/c1-9(2)5-11(6-12(16)17)8-15-13(18)14-7-10(3)19-4/h9-11H,5-8H2,1-4H3,(H,16,17)(H2,14,15,18). The predicted octanol–water partition coefficient (Wildman–Crippen LogP) is 1.46. The first-order valence-electron chi connectivity index (χ1n) is 6.61. The Morgan fingerprint density at radius 1 is 1.16 bits per heavy atom. The van der Waals surface area contributed by atoms with Crippen molar-refractivity contribution in [1.29, 1.82) is 0 Å².